The minimum absolute atomic E-state index is 0.262. The highest BCUT2D eigenvalue weighted by Gasteiger charge is 2.16. The van der Waals surface area contributed by atoms with Crippen molar-refractivity contribution in [2.24, 2.45) is 0 Å². The molecule has 0 N–H and O–H groups in total. The summed E-state index contributed by atoms with van der Waals surface area (Å²) in [6.45, 7) is 0.262. The summed E-state index contributed by atoms with van der Waals surface area (Å²) in [5.74, 6) is 1.46. The quantitative estimate of drug-likeness (QED) is 0.626. The predicted molar refractivity (Wildman–Crippen MR) is 41.9 cm³/mol. The number of fused-ring (bicyclic) bond motifs is 1. The summed E-state index contributed by atoms with van der Waals surface area (Å²) in [6, 6.07) is 7.65. The Bertz CT molecular complexity index is 341. The highest BCUT2D eigenvalue weighted by Crippen LogP contribution is 2.35. The van der Waals surface area contributed by atoms with E-state index < -0.39 is 0 Å². The van der Waals surface area contributed by atoms with Crippen LogP contribution in [0, 0.1) is 11.3 Å². The standard InChI is InChI=1S/C9H7NO2/c10-5-4-7-2-1-3-8-9(7)12-6-11-8/h1-3H,4,6H2. The van der Waals surface area contributed by atoms with Crippen LogP contribution >= 0.6 is 0 Å². The van der Waals surface area contributed by atoms with E-state index in [2.05, 4.69) is 6.07 Å². The molecule has 0 aliphatic carbocycles. The molecule has 1 aromatic rings. The van der Waals surface area contributed by atoms with Gasteiger partial charge in [-0.05, 0) is 6.07 Å². The lowest BCUT2D eigenvalue weighted by atomic mass is 10.1. The average Bonchev–Trinajstić information content (AvgIpc) is 2.53. The summed E-state index contributed by atoms with van der Waals surface area (Å²) in [7, 11) is 0. The molecule has 3 heteroatoms. The Hall–Kier alpha value is -1.69. The fraction of sp³-hybridized carbons (Fsp3) is 0.222. The van der Waals surface area contributed by atoms with E-state index in [0.717, 1.165) is 17.1 Å². The van der Waals surface area contributed by atoms with E-state index in [-0.39, 0.29) is 6.79 Å². The molecule has 1 aromatic carbocycles. The van der Waals surface area contributed by atoms with Gasteiger partial charge in [-0.25, -0.2) is 0 Å². The average molecular weight is 161 g/mol. The fourth-order valence-corrected chi connectivity index (χ4v) is 1.22. The molecule has 2 rings (SSSR count). The third-order valence-corrected chi connectivity index (χ3v) is 1.75. The van der Waals surface area contributed by atoms with Crippen molar-refractivity contribution in [2.45, 2.75) is 6.42 Å². The number of hydrogen-bond donors (Lipinski definition) is 0. The first-order valence-electron chi connectivity index (χ1n) is 3.66. The monoisotopic (exact) mass is 161 g/mol. The second-order valence-corrected chi connectivity index (χ2v) is 2.49. The summed E-state index contributed by atoms with van der Waals surface area (Å²) >= 11 is 0. The second-order valence-electron chi connectivity index (χ2n) is 2.49. The van der Waals surface area contributed by atoms with Gasteiger partial charge in [-0.3, -0.25) is 0 Å². The molecule has 1 heterocycles. The number of nitrogens with zero attached hydrogens (tertiary/aromatic N) is 1. The van der Waals surface area contributed by atoms with Crippen LogP contribution in [0.25, 0.3) is 0 Å². The lowest BCUT2D eigenvalue weighted by molar-refractivity contribution is 0.173. The van der Waals surface area contributed by atoms with E-state index in [0.29, 0.717) is 6.42 Å². The van der Waals surface area contributed by atoms with Crippen molar-refractivity contribution >= 4 is 0 Å². The van der Waals surface area contributed by atoms with Crippen LogP contribution in [0.5, 0.6) is 11.5 Å². The summed E-state index contributed by atoms with van der Waals surface area (Å²) < 4.78 is 10.4. The van der Waals surface area contributed by atoms with Crippen LogP contribution in [0.4, 0.5) is 0 Å². The molecule has 0 atom stereocenters. The van der Waals surface area contributed by atoms with Crippen LogP contribution in [0.15, 0.2) is 18.2 Å². The lowest BCUT2D eigenvalue weighted by Gasteiger charge is -1.99. The maximum absolute atomic E-state index is 8.50. The molecule has 1 aliphatic rings. The molecule has 0 saturated heterocycles. The smallest absolute Gasteiger partial charge is 0.231 e. The predicted octanol–water partition coefficient (Wildman–Crippen LogP) is 1.48. The van der Waals surface area contributed by atoms with Gasteiger partial charge in [0.05, 0.1) is 12.5 Å². The van der Waals surface area contributed by atoms with Gasteiger partial charge in [0.1, 0.15) is 0 Å². The Labute approximate surface area is 70.1 Å². The molecule has 0 spiro atoms. The maximum atomic E-state index is 8.50. The third kappa shape index (κ3) is 0.978. The number of nitriles is 1. The Morgan fingerprint density at radius 1 is 1.42 bits per heavy atom. The summed E-state index contributed by atoms with van der Waals surface area (Å²) in [5.41, 5.74) is 0.896. The van der Waals surface area contributed by atoms with E-state index >= 15 is 0 Å². The number of rotatable bonds is 1. The first-order chi connectivity index (χ1) is 5.92. The van der Waals surface area contributed by atoms with Crippen molar-refractivity contribution in [1.29, 1.82) is 5.26 Å². The molecule has 0 radical (unpaired) electrons. The molecule has 3 nitrogen and oxygen atoms in total. The normalized spacial score (nSPS) is 12.6. The van der Waals surface area contributed by atoms with Crippen molar-refractivity contribution in [2.75, 3.05) is 6.79 Å². The number of hydrogen-bond acceptors (Lipinski definition) is 3. The molecule has 0 bridgehead atoms. The van der Waals surface area contributed by atoms with Crippen LogP contribution in [0.3, 0.4) is 0 Å². The molecular weight excluding hydrogens is 154 g/mol. The zero-order valence-electron chi connectivity index (χ0n) is 6.41. The largest absolute Gasteiger partial charge is 0.454 e. The Balaban J connectivity index is 2.44. The van der Waals surface area contributed by atoms with Crippen LogP contribution in [0.1, 0.15) is 5.56 Å². The summed E-state index contributed by atoms with van der Waals surface area (Å²) in [6.07, 6.45) is 0.368. The van der Waals surface area contributed by atoms with Gasteiger partial charge in [0.25, 0.3) is 0 Å². The van der Waals surface area contributed by atoms with Crippen LogP contribution < -0.4 is 9.47 Å². The number of para-hydroxylation sites is 1. The van der Waals surface area contributed by atoms with Crippen molar-refractivity contribution in [3.8, 4) is 17.6 Å². The first kappa shape index (κ1) is 6.99. The van der Waals surface area contributed by atoms with Gasteiger partial charge in [0.15, 0.2) is 11.5 Å². The Kier molecular flexibility index (Phi) is 1.60. The highest BCUT2D eigenvalue weighted by atomic mass is 16.7. The van der Waals surface area contributed by atoms with Gasteiger partial charge in [-0.2, -0.15) is 5.26 Å². The lowest BCUT2D eigenvalue weighted by Crippen LogP contribution is -1.94. The van der Waals surface area contributed by atoms with E-state index in [1.165, 1.54) is 0 Å². The first-order valence-corrected chi connectivity index (χ1v) is 3.66. The van der Waals surface area contributed by atoms with Gasteiger partial charge in [0.2, 0.25) is 6.79 Å². The summed E-state index contributed by atoms with van der Waals surface area (Å²) in [5, 5.41) is 8.50. The van der Waals surface area contributed by atoms with Gasteiger partial charge >= 0.3 is 0 Å². The molecule has 0 unspecified atom stereocenters. The van der Waals surface area contributed by atoms with Crippen LogP contribution in [-0.4, -0.2) is 6.79 Å². The van der Waals surface area contributed by atoms with Gasteiger partial charge in [0, 0.05) is 5.56 Å². The SMILES string of the molecule is N#CCc1cccc2c1OCO2. The number of benzene rings is 1. The maximum Gasteiger partial charge on any atom is 0.231 e. The van der Waals surface area contributed by atoms with Crippen molar-refractivity contribution in [3.63, 3.8) is 0 Å². The molecule has 1 aliphatic heterocycles. The molecule has 0 aromatic heterocycles. The number of ether oxygens (including phenoxy) is 2. The van der Waals surface area contributed by atoms with Gasteiger partial charge < -0.3 is 9.47 Å². The van der Waals surface area contributed by atoms with Crippen molar-refractivity contribution < 1.29 is 9.47 Å². The molecular formula is C9H7NO2. The molecule has 0 saturated carbocycles. The van der Waals surface area contributed by atoms with Crippen molar-refractivity contribution in [3.05, 3.63) is 23.8 Å². The summed E-state index contributed by atoms with van der Waals surface area (Å²) in [4.78, 5) is 0. The Morgan fingerprint density at radius 3 is 3.17 bits per heavy atom. The van der Waals surface area contributed by atoms with Gasteiger partial charge in [-0.1, -0.05) is 12.1 Å². The molecule has 0 fully saturated rings. The topological polar surface area (TPSA) is 42.2 Å². The third-order valence-electron chi connectivity index (χ3n) is 1.75. The van der Waals surface area contributed by atoms with Crippen LogP contribution in [-0.2, 0) is 6.42 Å². The second kappa shape index (κ2) is 2.74. The highest BCUT2D eigenvalue weighted by molar-refractivity contribution is 5.48. The zero-order chi connectivity index (χ0) is 8.39. The fourth-order valence-electron chi connectivity index (χ4n) is 1.22. The van der Waals surface area contributed by atoms with E-state index in [4.69, 9.17) is 14.7 Å². The van der Waals surface area contributed by atoms with Crippen molar-refractivity contribution in [1.82, 2.24) is 0 Å². The van der Waals surface area contributed by atoms with E-state index in [1.807, 2.05) is 18.2 Å². The zero-order valence-corrected chi connectivity index (χ0v) is 6.41. The minimum Gasteiger partial charge on any atom is -0.454 e. The van der Waals surface area contributed by atoms with E-state index in [1.54, 1.807) is 0 Å². The molecule has 12 heavy (non-hydrogen) atoms. The van der Waals surface area contributed by atoms with Gasteiger partial charge in [-0.15, -0.1) is 0 Å². The minimum atomic E-state index is 0.262. The van der Waals surface area contributed by atoms with Crippen LogP contribution in [0.2, 0.25) is 0 Å². The molecule has 0 amide bonds. The van der Waals surface area contributed by atoms with E-state index in [9.17, 15) is 0 Å². The Morgan fingerprint density at radius 2 is 2.33 bits per heavy atom. The molecule has 60 valence electrons.